The summed E-state index contributed by atoms with van der Waals surface area (Å²) in [6, 6.07) is 21.2. The van der Waals surface area contributed by atoms with Crippen LogP contribution in [0.5, 0.6) is 17.2 Å². The van der Waals surface area contributed by atoms with Gasteiger partial charge in [0.2, 0.25) is 10.0 Å². The summed E-state index contributed by atoms with van der Waals surface area (Å²) in [7, 11) is -1.82. The molecule has 0 unspecified atom stereocenters. The first kappa shape index (κ1) is 20.9. The lowest BCUT2D eigenvalue weighted by atomic mass is 10.3. The number of hydrogen-bond acceptors (Lipinski definition) is 5. The molecule has 31 heavy (non-hydrogen) atoms. The molecule has 4 rings (SSSR count). The van der Waals surface area contributed by atoms with Gasteiger partial charge in [0.1, 0.15) is 23.1 Å². The molecule has 0 saturated carbocycles. The maximum absolute atomic E-state index is 12.7. The molecular weight excluding hydrogens is 414 g/mol. The van der Waals surface area contributed by atoms with Crippen molar-refractivity contribution < 1.29 is 17.9 Å². The Hall–Kier alpha value is -3.36. The second-order valence-electron chi connectivity index (χ2n) is 6.88. The summed E-state index contributed by atoms with van der Waals surface area (Å²) in [5.41, 5.74) is 1.78. The van der Waals surface area contributed by atoms with E-state index in [0.29, 0.717) is 23.9 Å². The van der Waals surface area contributed by atoms with Gasteiger partial charge in [-0.15, -0.1) is 0 Å². The average molecular weight is 438 g/mol. The lowest BCUT2D eigenvalue weighted by Gasteiger charge is -2.09. The molecule has 3 aromatic carbocycles. The molecule has 0 aliphatic rings. The van der Waals surface area contributed by atoms with Crippen LogP contribution in [-0.4, -0.2) is 24.6 Å². The smallest absolute Gasteiger partial charge is 0.240 e. The Balaban J connectivity index is 1.42. The van der Waals surface area contributed by atoms with Crippen LogP contribution in [0.25, 0.3) is 11.0 Å². The van der Waals surface area contributed by atoms with Crippen molar-refractivity contribution in [3.63, 3.8) is 0 Å². The molecule has 8 heteroatoms. The molecule has 0 amide bonds. The lowest BCUT2D eigenvalue weighted by molar-refractivity contribution is 0.339. The van der Waals surface area contributed by atoms with Crippen molar-refractivity contribution in [1.82, 2.24) is 14.3 Å². The number of imidazole rings is 1. The fourth-order valence-corrected chi connectivity index (χ4v) is 4.17. The van der Waals surface area contributed by atoms with Crippen LogP contribution in [-0.2, 0) is 23.6 Å². The fourth-order valence-electron chi connectivity index (χ4n) is 3.19. The van der Waals surface area contributed by atoms with Crippen LogP contribution in [0.4, 0.5) is 0 Å². The number of hydrogen-bond donors (Lipinski definition) is 1. The third-order valence-corrected chi connectivity index (χ3v) is 6.22. The number of nitrogens with one attached hydrogen (secondary N) is 1. The number of benzene rings is 3. The Bertz CT molecular complexity index is 1280. The van der Waals surface area contributed by atoms with E-state index in [1.165, 1.54) is 12.1 Å². The van der Waals surface area contributed by atoms with Crippen molar-refractivity contribution in [2.75, 3.05) is 6.61 Å². The predicted molar refractivity (Wildman–Crippen MR) is 119 cm³/mol. The Morgan fingerprint density at radius 2 is 1.52 bits per heavy atom. The van der Waals surface area contributed by atoms with Crippen LogP contribution in [0, 0.1) is 0 Å². The molecular formula is C23H23N3O4S. The third kappa shape index (κ3) is 4.70. The summed E-state index contributed by atoms with van der Waals surface area (Å²) in [5.74, 6) is 2.58. The van der Waals surface area contributed by atoms with Gasteiger partial charge in [0, 0.05) is 7.05 Å². The zero-order valence-corrected chi connectivity index (χ0v) is 18.1. The van der Waals surface area contributed by atoms with Gasteiger partial charge in [0.05, 0.1) is 29.1 Å². The number of aryl methyl sites for hydroxylation is 1. The highest BCUT2D eigenvalue weighted by atomic mass is 32.2. The van der Waals surface area contributed by atoms with Crippen molar-refractivity contribution in [2.24, 2.45) is 7.05 Å². The van der Waals surface area contributed by atoms with E-state index in [0.717, 1.165) is 16.8 Å². The van der Waals surface area contributed by atoms with Gasteiger partial charge in [0.25, 0.3) is 0 Å². The topological polar surface area (TPSA) is 82.4 Å². The van der Waals surface area contributed by atoms with E-state index in [-0.39, 0.29) is 11.4 Å². The van der Waals surface area contributed by atoms with Crippen molar-refractivity contribution in [3.8, 4) is 17.2 Å². The maximum Gasteiger partial charge on any atom is 0.240 e. The number of ether oxygens (including phenoxy) is 2. The summed E-state index contributed by atoms with van der Waals surface area (Å²) in [4.78, 5) is 4.65. The molecule has 160 valence electrons. The van der Waals surface area contributed by atoms with Crippen molar-refractivity contribution in [1.29, 1.82) is 0 Å². The number of rotatable bonds is 8. The molecule has 0 spiro atoms. The van der Waals surface area contributed by atoms with Gasteiger partial charge in [-0.1, -0.05) is 12.1 Å². The molecule has 0 fully saturated rings. The third-order valence-electron chi connectivity index (χ3n) is 4.80. The highest BCUT2D eigenvalue weighted by Crippen LogP contribution is 2.25. The van der Waals surface area contributed by atoms with E-state index in [4.69, 9.17) is 9.47 Å². The monoisotopic (exact) mass is 437 g/mol. The molecule has 1 N–H and O–H groups in total. The van der Waals surface area contributed by atoms with Crippen LogP contribution in [0.15, 0.2) is 77.7 Å². The first-order valence-electron chi connectivity index (χ1n) is 9.87. The van der Waals surface area contributed by atoms with Gasteiger partial charge in [-0.2, -0.15) is 0 Å². The summed E-state index contributed by atoms with van der Waals surface area (Å²) >= 11 is 0. The fraction of sp³-hybridized carbons (Fsp3) is 0.174. The molecule has 0 bridgehead atoms. The van der Waals surface area contributed by atoms with Gasteiger partial charge < -0.3 is 14.0 Å². The lowest BCUT2D eigenvalue weighted by Crippen LogP contribution is -2.24. The van der Waals surface area contributed by atoms with E-state index in [1.54, 1.807) is 24.3 Å². The molecule has 0 aliphatic carbocycles. The van der Waals surface area contributed by atoms with E-state index in [9.17, 15) is 8.42 Å². The van der Waals surface area contributed by atoms with Crippen LogP contribution in [0.3, 0.4) is 0 Å². The quantitative estimate of drug-likeness (QED) is 0.446. The number of para-hydroxylation sites is 2. The second kappa shape index (κ2) is 8.79. The van der Waals surface area contributed by atoms with Crippen molar-refractivity contribution >= 4 is 21.1 Å². The SMILES string of the molecule is CCOc1ccc(Oc2ccc(S(=O)(=O)NCc3nc4ccccc4n3C)cc2)cc1. The maximum atomic E-state index is 12.7. The minimum absolute atomic E-state index is 0.0952. The Morgan fingerprint density at radius 3 is 2.16 bits per heavy atom. The van der Waals surface area contributed by atoms with E-state index < -0.39 is 10.0 Å². The molecule has 0 aliphatic heterocycles. The van der Waals surface area contributed by atoms with Crippen LogP contribution in [0.2, 0.25) is 0 Å². The minimum Gasteiger partial charge on any atom is -0.494 e. The summed E-state index contributed by atoms with van der Waals surface area (Å²) in [5, 5.41) is 0. The normalized spacial score (nSPS) is 11.5. The van der Waals surface area contributed by atoms with E-state index >= 15 is 0 Å². The highest BCUT2D eigenvalue weighted by Gasteiger charge is 2.16. The van der Waals surface area contributed by atoms with Crippen molar-refractivity contribution in [3.05, 3.63) is 78.6 Å². The van der Waals surface area contributed by atoms with Crippen LogP contribution >= 0.6 is 0 Å². The number of nitrogens with zero attached hydrogens (tertiary/aromatic N) is 2. The van der Waals surface area contributed by atoms with Gasteiger partial charge in [-0.25, -0.2) is 18.1 Å². The second-order valence-corrected chi connectivity index (χ2v) is 8.65. The van der Waals surface area contributed by atoms with Gasteiger partial charge in [-0.3, -0.25) is 0 Å². The molecule has 4 aromatic rings. The van der Waals surface area contributed by atoms with Crippen molar-refractivity contribution in [2.45, 2.75) is 18.4 Å². The number of aromatic nitrogens is 2. The standard InChI is InChI=1S/C23H23N3O4S/c1-3-29-17-8-10-18(11-9-17)30-19-12-14-20(15-13-19)31(27,28)24-16-23-25-21-6-4-5-7-22(21)26(23)2/h4-15,24H,3,16H2,1-2H3. The summed E-state index contributed by atoms with van der Waals surface area (Å²) < 4.78 is 41.1. The number of sulfonamides is 1. The van der Waals surface area contributed by atoms with Gasteiger partial charge in [0.15, 0.2) is 0 Å². The summed E-state index contributed by atoms with van der Waals surface area (Å²) in [6.07, 6.45) is 0. The van der Waals surface area contributed by atoms with E-state index in [2.05, 4.69) is 9.71 Å². The Labute approximate surface area is 181 Å². The average Bonchev–Trinajstić information content (AvgIpc) is 3.10. The Morgan fingerprint density at radius 1 is 0.903 bits per heavy atom. The molecule has 1 aromatic heterocycles. The van der Waals surface area contributed by atoms with Crippen LogP contribution in [0.1, 0.15) is 12.7 Å². The van der Waals surface area contributed by atoms with Crippen LogP contribution < -0.4 is 14.2 Å². The molecule has 0 atom stereocenters. The van der Waals surface area contributed by atoms with E-state index in [1.807, 2.05) is 54.9 Å². The molecule has 7 nitrogen and oxygen atoms in total. The van der Waals surface area contributed by atoms with Gasteiger partial charge in [-0.05, 0) is 67.6 Å². The molecule has 1 heterocycles. The zero-order chi connectivity index (χ0) is 21.8. The zero-order valence-electron chi connectivity index (χ0n) is 17.3. The minimum atomic E-state index is -3.69. The first-order valence-corrected chi connectivity index (χ1v) is 11.4. The molecule has 0 saturated heterocycles. The highest BCUT2D eigenvalue weighted by molar-refractivity contribution is 7.89. The Kier molecular flexibility index (Phi) is 5.92. The largest absolute Gasteiger partial charge is 0.494 e. The first-order chi connectivity index (χ1) is 15.0. The number of fused-ring (bicyclic) bond motifs is 1. The summed E-state index contributed by atoms with van der Waals surface area (Å²) in [6.45, 7) is 2.62. The molecule has 0 radical (unpaired) electrons. The van der Waals surface area contributed by atoms with Gasteiger partial charge >= 0.3 is 0 Å². The predicted octanol–water partition coefficient (Wildman–Crippen LogP) is 4.24.